The number of rotatable bonds is 3. The Balaban J connectivity index is 2.22. The maximum Gasteiger partial charge on any atom is 0.0245 e. The molecule has 1 fully saturated rings. The van der Waals surface area contributed by atoms with Gasteiger partial charge in [-0.05, 0) is 43.4 Å². The summed E-state index contributed by atoms with van der Waals surface area (Å²) < 4.78 is 1.25. The first-order chi connectivity index (χ1) is 8.64. The van der Waals surface area contributed by atoms with Crippen LogP contribution in [0.4, 0.5) is 0 Å². The van der Waals surface area contributed by atoms with Crippen molar-refractivity contribution in [2.75, 3.05) is 6.54 Å². The van der Waals surface area contributed by atoms with Crippen LogP contribution in [0.25, 0.3) is 0 Å². The van der Waals surface area contributed by atoms with E-state index in [0.29, 0.717) is 5.92 Å². The van der Waals surface area contributed by atoms with Crippen molar-refractivity contribution in [2.24, 2.45) is 5.92 Å². The zero-order valence-electron chi connectivity index (χ0n) is 11.5. The summed E-state index contributed by atoms with van der Waals surface area (Å²) in [5.41, 5.74) is 1.71. The molecule has 0 saturated carbocycles. The first-order valence-electron chi connectivity index (χ1n) is 7.12. The van der Waals surface area contributed by atoms with Crippen molar-refractivity contribution in [1.29, 1.82) is 0 Å². The Morgan fingerprint density at radius 2 is 2.00 bits per heavy atom. The fourth-order valence-corrected chi connectivity index (χ4v) is 3.42. The molecule has 1 aromatic carbocycles. The minimum absolute atomic E-state index is 0.278. The smallest absolute Gasteiger partial charge is 0.0245 e. The van der Waals surface area contributed by atoms with E-state index in [-0.39, 0.29) is 5.54 Å². The van der Waals surface area contributed by atoms with Gasteiger partial charge in [-0.2, -0.15) is 0 Å². The molecule has 1 N–H and O–H groups in total. The average Bonchev–Trinajstić information content (AvgIpc) is 2.59. The third-order valence-electron chi connectivity index (χ3n) is 4.35. The van der Waals surface area contributed by atoms with Crippen molar-refractivity contribution >= 4 is 15.9 Å². The second kappa shape index (κ2) is 6.21. The summed E-state index contributed by atoms with van der Waals surface area (Å²) in [6.45, 7) is 5.88. The van der Waals surface area contributed by atoms with E-state index in [4.69, 9.17) is 0 Å². The molecule has 0 spiro atoms. The van der Waals surface area contributed by atoms with Crippen LogP contribution >= 0.6 is 15.9 Å². The minimum Gasteiger partial charge on any atom is -0.311 e. The number of halogens is 1. The normalized spacial score (nSPS) is 25.1. The average molecular weight is 310 g/mol. The van der Waals surface area contributed by atoms with Crippen LogP contribution in [0.1, 0.15) is 45.1 Å². The monoisotopic (exact) mass is 309 g/mol. The van der Waals surface area contributed by atoms with Crippen LogP contribution in [-0.2, 0) is 6.42 Å². The molecule has 0 aromatic heterocycles. The van der Waals surface area contributed by atoms with E-state index in [9.17, 15) is 0 Å². The zero-order valence-corrected chi connectivity index (χ0v) is 13.1. The van der Waals surface area contributed by atoms with Gasteiger partial charge in [-0.3, -0.25) is 0 Å². The van der Waals surface area contributed by atoms with Gasteiger partial charge in [0.15, 0.2) is 0 Å². The van der Waals surface area contributed by atoms with Gasteiger partial charge < -0.3 is 5.32 Å². The summed E-state index contributed by atoms with van der Waals surface area (Å²) in [6, 6.07) is 8.64. The lowest BCUT2D eigenvalue weighted by Gasteiger charge is -2.38. The Bertz CT molecular complexity index is 378. The van der Waals surface area contributed by atoms with Gasteiger partial charge in [0, 0.05) is 10.0 Å². The molecule has 2 heteroatoms. The predicted molar refractivity (Wildman–Crippen MR) is 81.9 cm³/mol. The minimum atomic E-state index is 0.278. The summed E-state index contributed by atoms with van der Waals surface area (Å²) in [6.07, 6.45) is 6.48. The van der Waals surface area contributed by atoms with Crippen molar-refractivity contribution in [3.63, 3.8) is 0 Å². The van der Waals surface area contributed by atoms with E-state index in [2.05, 4.69) is 59.4 Å². The van der Waals surface area contributed by atoms with Gasteiger partial charge in [0.05, 0.1) is 0 Å². The van der Waals surface area contributed by atoms with Gasteiger partial charge in [-0.25, -0.2) is 0 Å². The van der Waals surface area contributed by atoms with Crippen LogP contribution in [0.5, 0.6) is 0 Å². The van der Waals surface area contributed by atoms with Crippen LogP contribution in [0.3, 0.4) is 0 Å². The summed E-state index contributed by atoms with van der Waals surface area (Å²) in [4.78, 5) is 0. The van der Waals surface area contributed by atoms with Gasteiger partial charge in [0.25, 0.3) is 0 Å². The van der Waals surface area contributed by atoms with Gasteiger partial charge in [0.2, 0.25) is 0 Å². The summed E-state index contributed by atoms with van der Waals surface area (Å²) in [5, 5.41) is 3.85. The SMILES string of the molecule is CC(C)C1(Cc2ccccc2Br)CCCCCN1. The molecule has 1 aliphatic rings. The number of hydrogen-bond donors (Lipinski definition) is 1. The van der Waals surface area contributed by atoms with Crippen LogP contribution in [-0.4, -0.2) is 12.1 Å². The highest BCUT2D eigenvalue weighted by Crippen LogP contribution is 2.32. The highest BCUT2D eigenvalue weighted by atomic mass is 79.9. The van der Waals surface area contributed by atoms with E-state index in [0.717, 1.165) is 6.42 Å². The lowest BCUT2D eigenvalue weighted by atomic mass is 9.77. The summed E-state index contributed by atoms with van der Waals surface area (Å²) in [5.74, 6) is 0.669. The molecule has 100 valence electrons. The number of benzene rings is 1. The molecule has 0 aliphatic carbocycles. The molecule has 1 heterocycles. The van der Waals surface area contributed by atoms with Gasteiger partial charge in [-0.1, -0.05) is 60.8 Å². The molecule has 18 heavy (non-hydrogen) atoms. The highest BCUT2D eigenvalue weighted by Gasteiger charge is 2.34. The van der Waals surface area contributed by atoms with Crippen molar-refractivity contribution in [3.8, 4) is 0 Å². The Morgan fingerprint density at radius 3 is 2.72 bits per heavy atom. The zero-order chi connectivity index (χ0) is 13.0. The van der Waals surface area contributed by atoms with Crippen molar-refractivity contribution in [1.82, 2.24) is 5.32 Å². The standard InChI is InChI=1S/C16H24BrN/c1-13(2)16(10-6-3-7-11-18-16)12-14-8-4-5-9-15(14)17/h4-5,8-9,13,18H,3,6-7,10-12H2,1-2H3. The van der Waals surface area contributed by atoms with Crippen LogP contribution in [0.15, 0.2) is 28.7 Å². The molecular formula is C16H24BrN. The Hall–Kier alpha value is -0.340. The molecule has 0 radical (unpaired) electrons. The van der Waals surface area contributed by atoms with Crippen LogP contribution in [0, 0.1) is 5.92 Å². The maximum atomic E-state index is 3.85. The van der Waals surface area contributed by atoms with Crippen molar-refractivity contribution in [2.45, 2.75) is 51.5 Å². The highest BCUT2D eigenvalue weighted by molar-refractivity contribution is 9.10. The van der Waals surface area contributed by atoms with E-state index in [1.54, 1.807) is 0 Å². The number of hydrogen-bond acceptors (Lipinski definition) is 1. The first-order valence-corrected chi connectivity index (χ1v) is 7.92. The Labute approximate surface area is 119 Å². The first kappa shape index (κ1) is 14.1. The van der Waals surface area contributed by atoms with E-state index in [1.165, 1.54) is 42.3 Å². The van der Waals surface area contributed by atoms with Crippen molar-refractivity contribution in [3.05, 3.63) is 34.3 Å². The molecule has 1 nitrogen and oxygen atoms in total. The maximum absolute atomic E-state index is 3.85. The summed E-state index contributed by atoms with van der Waals surface area (Å²) >= 11 is 3.69. The number of nitrogens with one attached hydrogen (secondary N) is 1. The molecule has 1 aliphatic heterocycles. The largest absolute Gasteiger partial charge is 0.311 e. The third kappa shape index (κ3) is 3.16. The van der Waals surface area contributed by atoms with Crippen LogP contribution in [0.2, 0.25) is 0 Å². The fourth-order valence-electron chi connectivity index (χ4n) is 3.00. The topological polar surface area (TPSA) is 12.0 Å². The molecule has 1 aromatic rings. The molecule has 0 bridgehead atoms. The van der Waals surface area contributed by atoms with E-state index < -0.39 is 0 Å². The molecular weight excluding hydrogens is 286 g/mol. The summed E-state index contributed by atoms with van der Waals surface area (Å²) in [7, 11) is 0. The fraction of sp³-hybridized carbons (Fsp3) is 0.625. The van der Waals surface area contributed by atoms with Gasteiger partial charge >= 0.3 is 0 Å². The quantitative estimate of drug-likeness (QED) is 0.863. The lowest BCUT2D eigenvalue weighted by molar-refractivity contribution is 0.225. The van der Waals surface area contributed by atoms with Crippen molar-refractivity contribution < 1.29 is 0 Å². The predicted octanol–water partition coefficient (Wildman–Crippen LogP) is 4.55. The van der Waals surface area contributed by atoms with Gasteiger partial charge in [-0.15, -0.1) is 0 Å². The van der Waals surface area contributed by atoms with Crippen LogP contribution < -0.4 is 5.32 Å². The van der Waals surface area contributed by atoms with E-state index >= 15 is 0 Å². The molecule has 0 amide bonds. The third-order valence-corrected chi connectivity index (χ3v) is 5.12. The molecule has 1 atom stereocenters. The van der Waals surface area contributed by atoms with Gasteiger partial charge in [0.1, 0.15) is 0 Å². The Morgan fingerprint density at radius 1 is 1.22 bits per heavy atom. The lowest BCUT2D eigenvalue weighted by Crippen LogP contribution is -2.51. The molecule has 1 unspecified atom stereocenters. The molecule has 1 saturated heterocycles. The molecule has 2 rings (SSSR count). The second-order valence-corrected chi connectivity index (χ2v) is 6.67. The Kier molecular flexibility index (Phi) is 4.85. The second-order valence-electron chi connectivity index (χ2n) is 5.82. The van der Waals surface area contributed by atoms with E-state index in [1.807, 2.05) is 0 Å².